The lowest BCUT2D eigenvalue weighted by atomic mass is 10.2. The normalized spacial score (nSPS) is 29.9. The van der Waals surface area contributed by atoms with Gasteiger partial charge in [-0.2, -0.15) is 0 Å². The Labute approximate surface area is 49.8 Å². The lowest BCUT2D eigenvalue weighted by Gasteiger charge is -1.98. The van der Waals surface area contributed by atoms with Gasteiger partial charge >= 0.3 is 0 Å². The number of nitrogens with two attached hydrogens (primary N) is 1. The summed E-state index contributed by atoms with van der Waals surface area (Å²) in [6.45, 7) is 0. The lowest BCUT2D eigenvalue weighted by molar-refractivity contribution is 0.610. The van der Waals surface area contributed by atoms with Gasteiger partial charge in [0.05, 0.1) is 6.17 Å². The van der Waals surface area contributed by atoms with Crippen LogP contribution in [0.5, 0.6) is 0 Å². The van der Waals surface area contributed by atoms with Crippen LogP contribution in [0, 0.1) is 0 Å². The van der Waals surface area contributed by atoms with Crippen molar-refractivity contribution in [2.45, 2.75) is 31.8 Å². The van der Waals surface area contributed by atoms with Crippen LogP contribution >= 0.6 is 0 Å². The molecular formula is C6H12N2. The number of hydrogen-bond acceptors (Lipinski definition) is 2. The van der Waals surface area contributed by atoms with Crippen LogP contribution in [-0.4, -0.2) is 12.4 Å². The summed E-state index contributed by atoms with van der Waals surface area (Å²) in [6, 6.07) is 0. The van der Waals surface area contributed by atoms with Crippen LogP contribution in [0.4, 0.5) is 0 Å². The molecule has 0 aromatic carbocycles. The second kappa shape index (κ2) is 2.82. The van der Waals surface area contributed by atoms with Gasteiger partial charge in [0.15, 0.2) is 0 Å². The van der Waals surface area contributed by atoms with E-state index >= 15 is 0 Å². The molecule has 0 fully saturated rings. The van der Waals surface area contributed by atoms with Gasteiger partial charge in [0.25, 0.3) is 0 Å². The largest absolute Gasteiger partial charge is 0.310 e. The van der Waals surface area contributed by atoms with E-state index in [-0.39, 0.29) is 6.17 Å². The van der Waals surface area contributed by atoms with E-state index in [4.69, 9.17) is 5.73 Å². The minimum Gasteiger partial charge on any atom is -0.310 e. The molecule has 0 aromatic rings. The van der Waals surface area contributed by atoms with Crippen LogP contribution in [0.1, 0.15) is 25.7 Å². The first-order valence-corrected chi connectivity index (χ1v) is 3.17. The zero-order valence-electron chi connectivity index (χ0n) is 5.01. The van der Waals surface area contributed by atoms with Crippen molar-refractivity contribution in [2.24, 2.45) is 10.7 Å². The fourth-order valence-corrected chi connectivity index (χ4v) is 0.874. The Kier molecular flexibility index (Phi) is 2.03. The summed E-state index contributed by atoms with van der Waals surface area (Å²) >= 11 is 0. The highest BCUT2D eigenvalue weighted by Crippen LogP contribution is 2.05. The van der Waals surface area contributed by atoms with Gasteiger partial charge in [-0.3, -0.25) is 4.99 Å². The molecule has 0 bridgehead atoms. The molecule has 1 atom stereocenters. The maximum absolute atomic E-state index is 5.54. The quantitative estimate of drug-likeness (QED) is 0.497. The van der Waals surface area contributed by atoms with Crippen molar-refractivity contribution in [1.82, 2.24) is 0 Å². The summed E-state index contributed by atoms with van der Waals surface area (Å²) in [5, 5.41) is 0. The van der Waals surface area contributed by atoms with Crippen molar-refractivity contribution in [3.8, 4) is 0 Å². The summed E-state index contributed by atoms with van der Waals surface area (Å²) in [6.07, 6.45) is 6.72. The monoisotopic (exact) mass is 112 g/mol. The smallest absolute Gasteiger partial charge is 0.0965 e. The Hall–Kier alpha value is -0.370. The van der Waals surface area contributed by atoms with E-state index < -0.39 is 0 Å². The third-order valence-corrected chi connectivity index (χ3v) is 1.38. The van der Waals surface area contributed by atoms with E-state index in [9.17, 15) is 0 Å². The Morgan fingerprint density at radius 1 is 1.50 bits per heavy atom. The van der Waals surface area contributed by atoms with Crippen molar-refractivity contribution in [1.29, 1.82) is 0 Å². The van der Waals surface area contributed by atoms with E-state index in [1.54, 1.807) is 0 Å². The van der Waals surface area contributed by atoms with Crippen molar-refractivity contribution in [2.75, 3.05) is 0 Å². The molecule has 2 N–H and O–H groups in total. The zero-order chi connectivity index (χ0) is 5.82. The molecule has 0 saturated carbocycles. The molecule has 0 spiro atoms. The molecule has 0 aromatic heterocycles. The maximum atomic E-state index is 5.54. The van der Waals surface area contributed by atoms with Crippen LogP contribution in [0.2, 0.25) is 0 Å². The summed E-state index contributed by atoms with van der Waals surface area (Å²) in [5.74, 6) is 0. The van der Waals surface area contributed by atoms with Gasteiger partial charge in [-0.25, -0.2) is 0 Å². The molecule has 0 aliphatic carbocycles. The molecule has 2 nitrogen and oxygen atoms in total. The van der Waals surface area contributed by atoms with E-state index in [0.717, 1.165) is 12.8 Å². The lowest BCUT2D eigenvalue weighted by Crippen LogP contribution is -2.15. The Morgan fingerprint density at radius 2 is 2.38 bits per heavy atom. The molecule has 0 amide bonds. The molecular weight excluding hydrogens is 100 g/mol. The predicted octanol–water partition coefficient (Wildman–Crippen LogP) is 0.916. The number of aliphatic imine (C=N–C) groups is 1. The SMILES string of the molecule is NC1CCCCC=N1. The molecule has 0 saturated heterocycles. The Morgan fingerprint density at radius 3 is 3.25 bits per heavy atom. The molecule has 1 aliphatic heterocycles. The highest BCUT2D eigenvalue weighted by Gasteiger charge is 2.00. The van der Waals surface area contributed by atoms with Crippen LogP contribution in [0.25, 0.3) is 0 Å². The summed E-state index contributed by atoms with van der Waals surface area (Å²) in [7, 11) is 0. The van der Waals surface area contributed by atoms with E-state index in [0.29, 0.717) is 0 Å². The highest BCUT2D eigenvalue weighted by molar-refractivity contribution is 5.57. The van der Waals surface area contributed by atoms with Crippen molar-refractivity contribution in [3.63, 3.8) is 0 Å². The van der Waals surface area contributed by atoms with Gasteiger partial charge in [-0.1, -0.05) is 0 Å². The standard InChI is InChI=1S/C6H12N2/c7-6-4-2-1-3-5-8-6/h5-6H,1-4,7H2. The fourth-order valence-electron chi connectivity index (χ4n) is 0.874. The van der Waals surface area contributed by atoms with Crippen LogP contribution in [0.3, 0.4) is 0 Å². The molecule has 8 heavy (non-hydrogen) atoms. The maximum Gasteiger partial charge on any atom is 0.0965 e. The van der Waals surface area contributed by atoms with Gasteiger partial charge < -0.3 is 5.73 Å². The van der Waals surface area contributed by atoms with Crippen LogP contribution in [0.15, 0.2) is 4.99 Å². The van der Waals surface area contributed by atoms with E-state index in [2.05, 4.69) is 4.99 Å². The van der Waals surface area contributed by atoms with Gasteiger partial charge in [0.1, 0.15) is 0 Å². The average Bonchev–Trinajstić information content (AvgIpc) is 1.94. The average molecular weight is 112 g/mol. The number of rotatable bonds is 0. The summed E-state index contributed by atoms with van der Waals surface area (Å²) in [4.78, 5) is 4.08. The van der Waals surface area contributed by atoms with Gasteiger partial charge in [-0.15, -0.1) is 0 Å². The first-order valence-electron chi connectivity index (χ1n) is 3.17. The minimum atomic E-state index is 0.0949. The molecule has 1 rings (SSSR count). The Balaban J connectivity index is 2.33. The third kappa shape index (κ3) is 1.62. The highest BCUT2D eigenvalue weighted by atomic mass is 14.9. The second-order valence-electron chi connectivity index (χ2n) is 2.18. The van der Waals surface area contributed by atoms with Crippen molar-refractivity contribution >= 4 is 6.21 Å². The first kappa shape index (κ1) is 5.76. The van der Waals surface area contributed by atoms with E-state index in [1.807, 2.05) is 6.21 Å². The summed E-state index contributed by atoms with van der Waals surface area (Å²) in [5.41, 5.74) is 5.54. The van der Waals surface area contributed by atoms with Crippen molar-refractivity contribution < 1.29 is 0 Å². The van der Waals surface area contributed by atoms with Gasteiger partial charge in [0, 0.05) is 6.21 Å². The fraction of sp³-hybridized carbons (Fsp3) is 0.833. The van der Waals surface area contributed by atoms with Crippen molar-refractivity contribution in [3.05, 3.63) is 0 Å². The van der Waals surface area contributed by atoms with Crippen LogP contribution in [-0.2, 0) is 0 Å². The summed E-state index contributed by atoms with van der Waals surface area (Å²) < 4.78 is 0. The molecule has 0 radical (unpaired) electrons. The number of nitrogens with zero attached hydrogens (tertiary/aromatic N) is 1. The molecule has 2 heteroatoms. The third-order valence-electron chi connectivity index (χ3n) is 1.38. The van der Waals surface area contributed by atoms with E-state index in [1.165, 1.54) is 12.8 Å². The zero-order valence-corrected chi connectivity index (χ0v) is 5.01. The molecule has 1 aliphatic rings. The van der Waals surface area contributed by atoms with Gasteiger partial charge in [0.2, 0.25) is 0 Å². The topological polar surface area (TPSA) is 38.4 Å². The van der Waals surface area contributed by atoms with Crippen LogP contribution < -0.4 is 5.73 Å². The number of hydrogen-bond donors (Lipinski definition) is 1. The van der Waals surface area contributed by atoms with Gasteiger partial charge in [-0.05, 0) is 25.7 Å². The molecule has 1 heterocycles. The first-order chi connectivity index (χ1) is 3.89. The Bertz CT molecular complexity index is 88.5. The predicted molar refractivity (Wildman–Crippen MR) is 34.9 cm³/mol. The molecule has 46 valence electrons. The second-order valence-corrected chi connectivity index (χ2v) is 2.18. The molecule has 1 unspecified atom stereocenters. The minimum absolute atomic E-state index is 0.0949.